The van der Waals surface area contributed by atoms with E-state index in [-0.39, 0.29) is 35.4 Å². The Kier molecular flexibility index (Phi) is 2.82. The fourth-order valence-corrected chi connectivity index (χ4v) is 8.19. The zero-order chi connectivity index (χ0) is 17.1. The zero-order valence-electron chi connectivity index (χ0n) is 14.9. The fourth-order valence-electron chi connectivity index (χ4n) is 8.19. The Morgan fingerprint density at radius 1 is 1.17 bits per heavy atom. The minimum atomic E-state index is -0.828. The van der Waals surface area contributed by atoms with Crippen LogP contribution in [-0.2, 0) is 4.74 Å². The summed E-state index contributed by atoms with van der Waals surface area (Å²) in [6, 6.07) is 0. The normalized spacial score (nSPS) is 62.6. The van der Waals surface area contributed by atoms with E-state index in [2.05, 4.69) is 32.9 Å². The molecule has 9 atom stereocenters. The van der Waals surface area contributed by atoms with Crippen LogP contribution in [0.15, 0.2) is 12.2 Å². The number of aliphatic hydroxyl groups is 3. The van der Waals surface area contributed by atoms with E-state index in [1.165, 1.54) is 0 Å². The molecule has 0 unspecified atom stereocenters. The molecule has 3 saturated carbocycles. The van der Waals surface area contributed by atoms with Crippen LogP contribution in [0.25, 0.3) is 0 Å². The van der Waals surface area contributed by atoms with Crippen LogP contribution in [0.4, 0.5) is 0 Å². The molecule has 3 N–H and O–H groups in total. The molecule has 0 aromatic carbocycles. The monoisotopic (exact) mass is 334 g/mol. The summed E-state index contributed by atoms with van der Waals surface area (Å²) in [5, 5.41) is 32.6. The summed E-state index contributed by atoms with van der Waals surface area (Å²) >= 11 is 0. The Morgan fingerprint density at radius 2 is 1.92 bits per heavy atom. The van der Waals surface area contributed by atoms with Crippen LogP contribution in [0.5, 0.6) is 0 Å². The molecule has 4 nitrogen and oxygen atoms in total. The van der Waals surface area contributed by atoms with Gasteiger partial charge in [0.1, 0.15) is 5.60 Å². The van der Waals surface area contributed by atoms with Gasteiger partial charge in [0, 0.05) is 11.3 Å². The summed E-state index contributed by atoms with van der Waals surface area (Å²) in [6.45, 7) is 6.76. The maximum Gasteiger partial charge on any atom is 0.121 e. The average Bonchev–Trinajstić information content (AvgIpc) is 2.89. The molecule has 5 fully saturated rings. The predicted octanol–water partition coefficient (Wildman–Crippen LogP) is 1.88. The molecule has 6 rings (SSSR count). The van der Waals surface area contributed by atoms with Gasteiger partial charge < -0.3 is 20.1 Å². The second-order valence-electron chi connectivity index (χ2n) is 10.1. The van der Waals surface area contributed by atoms with Crippen LogP contribution < -0.4 is 0 Å². The van der Waals surface area contributed by atoms with Crippen molar-refractivity contribution < 1.29 is 20.1 Å². The Bertz CT molecular complexity index is 615. The lowest BCUT2D eigenvalue weighted by molar-refractivity contribution is -0.299. The molecule has 6 aliphatic rings. The standard InChI is InChI=1S/C20H30O4/c1-17(2)5-4-6-18(3)13(17)8-14(22)19-9-11-7-12(15(18)19)24-20(11,10-21)16(19)23/h4-5,11-16,21-23H,6-10H2,1-3H3/t11-,12+,13-,14-,15+,16+,18-,19+,20-/m1/s1. The van der Waals surface area contributed by atoms with Crippen molar-refractivity contribution in [2.75, 3.05) is 6.61 Å². The van der Waals surface area contributed by atoms with E-state index < -0.39 is 23.2 Å². The first-order valence-corrected chi connectivity index (χ1v) is 9.55. The summed E-state index contributed by atoms with van der Waals surface area (Å²) in [7, 11) is 0. The molecule has 1 spiro atoms. The Labute approximate surface area is 143 Å². The van der Waals surface area contributed by atoms with Gasteiger partial charge in [-0.15, -0.1) is 0 Å². The van der Waals surface area contributed by atoms with Gasteiger partial charge in [-0.25, -0.2) is 0 Å². The third kappa shape index (κ3) is 1.41. The summed E-state index contributed by atoms with van der Waals surface area (Å²) in [5.74, 6) is 0.731. The molecule has 4 bridgehead atoms. The van der Waals surface area contributed by atoms with Crippen molar-refractivity contribution in [2.24, 2.45) is 34.0 Å². The van der Waals surface area contributed by atoms with Crippen molar-refractivity contribution in [1.82, 2.24) is 0 Å². The van der Waals surface area contributed by atoms with Crippen LogP contribution in [0.2, 0.25) is 0 Å². The van der Waals surface area contributed by atoms with Crippen molar-refractivity contribution in [2.45, 2.75) is 70.4 Å². The van der Waals surface area contributed by atoms with Gasteiger partial charge in [0.25, 0.3) is 0 Å². The van der Waals surface area contributed by atoms with Crippen molar-refractivity contribution in [3.8, 4) is 0 Å². The number of ether oxygens (including phenoxy) is 1. The molecular weight excluding hydrogens is 304 g/mol. The van der Waals surface area contributed by atoms with E-state index in [1.807, 2.05) is 0 Å². The first-order valence-electron chi connectivity index (χ1n) is 9.55. The van der Waals surface area contributed by atoms with Crippen molar-refractivity contribution in [3.63, 3.8) is 0 Å². The highest BCUT2D eigenvalue weighted by molar-refractivity contribution is 5.30. The number of rotatable bonds is 1. The Balaban J connectivity index is 1.68. The van der Waals surface area contributed by atoms with Gasteiger partial charge in [-0.3, -0.25) is 0 Å². The Morgan fingerprint density at radius 3 is 2.58 bits per heavy atom. The molecule has 0 aromatic rings. The van der Waals surface area contributed by atoms with Crippen LogP contribution >= 0.6 is 0 Å². The molecular formula is C20H30O4. The lowest BCUT2D eigenvalue weighted by Gasteiger charge is -2.67. The lowest BCUT2D eigenvalue weighted by atomic mass is 9.40. The molecule has 4 aliphatic carbocycles. The van der Waals surface area contributed by atoms with E-state index in [4.69, 9.17) is 4.74 Å². The first-order chi connectivity index (χ1) is 11.2. The van der Waals surface area contributed by atoms with Gasteiger partial charge in [-0.1, -0.05) is 32.9 Å². The molecule has 2 saturated heterocycles. The molecule has 0 aromatic heterocycles. The molecule has 4 heteroatoms. The van der Waals surface area contributed by atoms with Gasteiger partial charge in [0.15, 0.2) is 0 Å². The highest BCUT2D eigenvalue weighted by Gasteiger charge is 2.81. The van der Waals surface area contributed by atoms with Gasteiger partial charge in [-0.2, -0.15) is 0 Å². The van der Waals surface area contributed by atoms with Gasteiger partial charge in [0.2, 0.25) is 0 Å². The summed E-state index contributed by atoms with van der Waals surface area (Å²) < 4.78 is 6.36. The second-order valence-corrected chi connectivity index (χ2v) is 10.1. The molecule has 0 amide bonds. The number of hydrogen-bond donors (Lipinski definition) is 3. The predicted molar refractivity (Wildman–Crippen MR) is 89.1 cm³/mol. The maximum absolute atomic E-state index is 11.3. The Hall–Kier alpha value is -0.420. The molecule has 2 heterocycles. The van der Waals surface area contributed by atoms with Gasteiger partial charge >= 0.3 is 0 Å². The smallest absolute Gasteiger partial charge is 0.121 e. The van der Waals surface area contributed by atoms with Crippen LogP contribution in [0.3, 0.4) is 0 Å². The van der Waals surface area contributed by atoms with Crippen LogP contribution in [0, 0.1) is 34.0 Å². The number of allylic oxidation sites excluding steroid dienone is 2. The largest absolute Gasteiger partial charge is 0.393 e. The first kappa shape index (κ1) is 15.8. The van der Waals surface area contributed by atoms with E-state index in [0.29, 0.717) is 5.92 Å². The number of fused-ring (bicyclic) bond motifs is 1. The molecule has 2 aliphatic heterocycles. The minimum Gasteiger partial charge on any atom is -0.393 e. The zero-order valence-corrected chi connectivity index (χ0v) is 14.9. The molecule has 134 valence electrons. The van der Waals surface area contributed by atoms with Crippen molar-refractivity contribution in [1.29, 1.82) is 0 Å². The molecule has 0 radical (unpaired) electrons. The summed E-state index contributed by atoms with van der Waals surface area (Å²) in [5.41, 5.74) is -1.25. The maximum atomic E-state index is 11.3. The van der Waals surface area contributed by atoms with Gasteiger partial charge in [-0.05, 0) is 48.3 Å². The lowest BCUT2D eigenvalue weighted by Crippen LogP contribution is -2.70. The third-order valence-electron chi connectivity index (χ3n) is 8.94. The van der Waals surface area contributed by atoms with E-state index >= 15 is 0 Å². The number of hydrogen-bond acceptors (Lipinski definition) is 4. The van der Waals surface area contributed by atoms with Crippen molar-refractivity contribution in [3.05, 3.63) is 12.2 Å². The summed E-state index contributed by atoms with van der Waals surface area (Å²) in [4.78, 5) is 0. The highest BCUT2D eigenvalue weighted by atomic mass is 16.5. The minimum absolute atomic E-state index is 0.0278. The fraction of sp³-hybridized carbons (Fsp3) is 0.900. The van der Waals surface area contributed by atoms with E-state index in [1.54, 1.807) is 0 Å². The highest BCUT2D eigenvalue weighted by Crippen LogP contribution is 2.76. The van der Waals surface area contributed by atoms with E-state index in [9.17, 15) is 15.3 Å². The van der Waals surface area contributed by atoms with Crippen LogP contribution in [-0.4, -0.2) is 45.8 Å². The SMILES string of the molecule is CC1(C)C=CC[C@]2(C)[C@@H]1C[C@@H](O)[C@]13C[C@H]4C[C@H](O[C@@]4(CO)[C@H]1O)[C@@H]23. The van der Waals surface area contributed by atoms with Crippen LogP contribution in [0.1, 0.15) is 46.5 Å². The quantitative estimate of drug-likeness (QED) is 0.641. The summed E-state index contributed by atoms with van der Waals surface area (Å²) in [6.07, 6.45) is 6.84. The third-order valence-corrected chi connectivity index (χ3v) is 8.94. The van der Waals surface area contributed by atoms with E-state index in [0.717, 1.165) is 25.7 Å². The average molecular weight is 334 g/mol. The van der Waals surface area contributed by atoms with Crippen molar-refractivity contribution >= 4 is 0 Å². The van der Waals surface area contributed by atoms with Gasteiger partial charge in [0.05, 0.1) is 24.9 Å². The topological polar surface area (TPSA) is 69.9 Å². The second kappa shape index (κ2) is 4.28. The molecule has 24 heavy (non-hydrogen) atoms. The number of aliphatic hydroxyl groups excluding tert-OH is 3.